The summed E-state index contributed by atoms with van der Waals surface area (Å²) in [5.74, 6) is 1.69. The summed E-state index contributed by atoms with van der Waals surface area (Å²) in [6.07, 6.45) is 0. The summed E-state index contributed by atoms with van der Waals surface area (Å²) in [6, 6.07) is 18.9. The number of hydrogen-bond donors (Lipinski definition) is 0. The molecule has 5 rings (SSSR count). The van der Waals surface area contributed by atoms with Crippen LogP contribution in [-0.2, 0) is 4.79 Å². The van der Waals surface area contributed by atoms with Gasteiger partial charge in [-0.1, -0.05) is 30.3 Å². The van der Waals surface area contributed by atoms with Gasteiger partial charge in [-0.25, -0.2) is 0 Å². The number of amides is 2. The van der Waals surface area contributed by atoms with E-state index in [-0.39, 0.29) is 31.2 Å². The summed E-state index contributed by atoms with van der Waals surface area (Å²) >= 11 is 0. The normalized spacial score (nSPS) is 14.8. The van der Waals surface area contributed by atoms with E-state index in [2.05, 4.69) is 15.1 Å². The van der Waals surface area contributed by atoms with Crippen molar-refractivity contribution < 1.29 is 19.1 Å². The van der Waals surface area contributed by atoms with Crippen molar-refractivity contribution in [2.75, 3.05) is 44.4 Å². The second-order valence-corrected chi connectivity index (χ2v) is 9.11. The first kappa shape index (κ1) is 23.6. The van der Waals surface area contributed by atoms with E-state index in [1.54, 1.807) is 23.1 Å². The molecule has 0 atom stereocenters. The molecule has 0 aliphatic carbocycles. The molecule has 36 heavy (non-hydrogen) atoms. The number of ether oxygens (including phenoxy) is 2. The Bertz CT molecular complexity index is 1220. The van der Waals surface area contributed by atoms with Crippen LogP contribution in [0.5, 0.6) is 11.5 Å². The second-order valence-electron chi connectivity index (χ2n) is 9.11. The van der Waals surface area contributed by atoms with Gasteiger partial charge in [-0.3, -0.25) is 9.59 Å². The van der Waals surface area contributed by atoms with Crippen molar-refractivity contribution in [2.24, 2.45) is 0 Å². The maximum atomic E-state index is 13.2. The van der Waals surface area contributed by atoms with E-state index in [0.29, 0.717) is 43.2 Å². The van der Waals surface area contributed by atoms with Gasteiger partial charge in [0.1, 0.15) is 6.54 Å². The number of carbonyl (C=O) groups excluding carboxylic acids is 2. The van der Waals surface area contributed by atoms with Gasteiger partial charge in [0.25, 0.3) is 5.91 Å². The van der Waals surface area contributed by atoms with Gasteiger partial charge < -0.3 is 24.2 Å². The van der Waals surface area contributed by atoms with Gasteiger partial charge in [0.05, 0.1) is 5.69 Å². The minimum atomic E-state index is -0.205. The lowest BCUT2D eigenvalue weighted by molar-refractivity contribution is -0.132. The number of anilines is 1. The third-order valence-corrected chi connectivity index (χ3v) is 6.49. The molecule has 1 saturated heterocycles. The Labute approximate surface area is 210 Å². The summed E-state index contributed by atoms with van der Waals surface area (Å²) in [6.45, 7) is 6.42. The molecule has 0 radical (unpaired) electrons. The Morgan fingerprint density at radius 2 is 1.67 bits per heavy atom. The standard InChI is InChI=1S/C27H29N5O4/c1-19(2)32(27(34)21-8-10-23-24(16-21)36-18-35-23)17-26(33)31-14-12-30(13-15-31)25-11-9-22(28-29-25)20-6-4-3-5-7-20/h3-11,16,19H,12-15,17-18H2,1-2H3. The molecule has 0 unspecified atom stereocenters. The predicted octanol–water partition coefficient (Wildman–Crippen LogP) is 3.07. The van der Waals surface area contributed by atoms with E-state index < -0.39 is 0 Å². The Hall–Kier alpha value is -4.14. The molecule has 186 valence electrons. The molecule has 2 amide bonds. The van der Waals surface area contributed by atoms with Gasteiger partial charge in [0, 0.05) is 43.3 Å². The lowest BCUT2D eigenvalue weighted by atomic mass is 10.1. The fraction of sp³-hybridized carbons (Fsp3) is 0.333. The first-order valence-corrected chi connectivity index (χ1v) is 12.1. The smallest absolute Gasteiger partial charge is 0.254 e. The zero-order valence-corrected chi connectivity index (χ0v) is 20.5. The van der Waals surface area contributed by atoms with Crippen LogP contribution < -0.4 is 14.4 Å². The van der Waals surface area contributed by atoms with Crippen molar-refractivity contribution in [1.29, 1.82) is 0 Å². The van der Waals surface area contributed by atoms with Crippen LogP contribution in [0.3, 0.4) is 0 Å². The Kier molecular flexibility index (Phi) is 6.71. The van der Waals surface area contributed by atoms with Crippen molar-refractivity contribution in [2.45, 2.75) is 19.9 Å². The lowest BCUT2D eigenvalue weighted by Crippen LogP contribution is -2.53. The SMILES string of the molecule is CC(C)N(CC(=O)N1CCN(c2ccc(-c3ccccc3)nn2)CC1)C(=O)c1ccc2c(c1)OCO2. The van der Waals surface area contributed by atoms with Crippen LogP contribution in [0.2, 0.25) is 0 Å². The quantitative estimate of drug-likeness (QED) is 0.528. The average molecular weight is 488 g/mol. The predicted molar refractivity (Wildman–Crippen MR) is 135 cm³/mol. The number of benzene rings is 2. The average Bonchev–Trinajstić information content (AvgIpc) is 3.40. The van der Waals surface area contributed by atoms with Gasteiger partial charge in [0.15, 0.2) is 17.3 Å². The number of piperazine rings is 1. The van der Waals surface area contributed by atoms with Gasteiger partial charge in [-0.2, -0.15) is 0 Å². The fourth-order valence-electron chi connectivity index (χ4n) is 4.37. The molecule has 3 aromatic rings. The molecule has 2 aliphatic rings. The summed E-state index contributed by atoms with van der Waals surface area (Å²) in [7, 11) is 0. The molecule has 1 aromatic heterocycles. The molecule has 2 aliphatic heterocycles. The number of nitrogens with zero attached hydrogens (tertiary/aromatic N) is 5. The molecule has 0 N–H and O–H groups in total. The minimum Gasteiger partial charge on any atom is -0.454 e. The Morgan fingerprint density at radius 3 is 2.36 bits per heavy atom. The van der Waals surface area contributed by atoms with Gasteiger partial charge in [0.2, 0.25) is 12.7 Å². The van der Waals surface area contributed by atoms with E-state index in [9.17, 15) is 9.59 Å². The summed E-state index contributed by atoms with van der Waals surface area (Å²) in [5, 5.41) is 8.78. The monoisotopic (exact) mass is 487 g/mol. The number of rotatable bonds is 6. The first-order chi connectivity index (χ1) is 17.5. The third kappa shape index (κ3) is 4.95. The largest absolute Gasteiger partial charge is 0.454 e. The zero-order valence-electron chi connectivity index (χ0n) is 20.5. The Morgan fingerprint density at radius 1 is 0.917 bits per heavy atom. The molecular weight excluding hydrogens is 458 g/mol. The van der Waals surface area contributed by atoms with Crippen LogP contribution in [0, 0.1) is 0 Å². The third-order valence-electron chi connectivity index (χ3n) is 6.49. The number of carbonyl (C=O) groups is 2. The highest BCUT2D eigenvalue weighted by atomic mass is 16.7. The van der Waals surface area contributed by atoms with E-state index >= 15 is 0 Å². The maximum absolute atomic E-state index is 13.2. The Balaban J connectivity index is 1.18. The molecule has 0 bridgehead atoms. The zero-order chi connectivity index (χ0) is 25.1. The molecule has 1 fully saturated rings. The van der Waals surface area contributed by atoms with Gasteiger partial charge in [-0.15, -0.1) is 10.2 Å². The molecule has 3 heterocycles. The van der Waals surface area contributed by atoms with E-state index in [1.807, 2.05) is 61.2 Å². The second kappa shape index (κ2) is 10.2. The van der Waals surface area contributed by atoms with Gasteiger partial charge >= 0.3 is 0 Å². The minimum absolute atomic E-state index is 0.0243. The van der Waals surface area contributed by atoms with Crippen molar-refractivity contribution in [3.8, 4) is 22.8 Å². The molecule has 0 saturated carbocycles. The molecule has 9 nitrogen and oxygen atoms in total. The summed E-state index contributed by atoms with van der Waals surface area (Å²) < 4.78 is 10.7. The summed E-state index contributed by atoms with van der Waals surface area (Å²) in [5.41, 5.74) is 2.33. The van der Waals surface area contributed by atoms with Crippen LogP contribution in [0.25, 0.3) is 11.3 Å². The van der Waals surface area contributed by atoms with E-state index in [1.165, 1.54) is 0 Å². The van der Waals surface area contributed by atoms with Crippen LogP contribution in [0.1, 0.15) is 24.2 Å². The highest BCUT2D eigenvalue weighted by molar-refractivity contribution is 5.97. The topological polar surface area (TPSA) is 88.1 Å². The van der Waals surface area contributed by atoms with Crippen LogP contribution in [0.15, 0.2) is 60.7 Å². The maximum Gasteiger partial charge on any atom is 0.254 e. The summed E-state index contributed by atoms with van der Waals surface area (Å²) in [4.78, 5) is 31.9. The molecule has 0 spiro atoms. The highest BCUT2D eigenvalue weighted by Gasteiger charge is 2.28. The van der Waals surface area contributed by atoms with Crippen molar-refractivity contribution >= 4 is 17.6 Å². The first-order valence-electron chi connectivity index (χ1n) is 12.1. The van der Waals surface area contributed by atoms with Crippen molar-refractivity contribution in [3.05, 3.63) is 66.2 Å². The van der Waals surface area contributed by atoms with Crippen LogP contribution >= 0.6 is 0 Å². The molecule has 9 heteroatoms. The van der Waals surface area contributed by atoms with Crippen LogP contribution in [-0.4, -0.2) is 77.4 Å². The number of aromatic nitrogens is 2. The van der Waals surface area contributed by atoms with E-state index in [0.717, 1.165) is 17.1 Å². The van der Waals surface area contributed by atoms with E-state index in [4.69, 9.17) is 9.47 Å². The molecular formula is C27H29N5O4. The van der Waals surface area contributed by atoms with Crippen molar-refractivity contribution in [3.63, 3.8) is 0 Å². The lowest BCUT2D eigenvalue weighted by Gasteiger charge is -2.36. The highest BCUT2D eigenvalue weighted by Crippen LogP contribution is 2.33. The number of fused-ring (bicyclic) bond motifs is 1. The molecule has 2 aromatic carbocycles. The fourth-order valence-corrected chi connectivity index (χ4v) is 4.37. The van der Waals surface area contributed by atoms with Crippen molar-refractivity contribution in [1.82, 2.24) is 20.0 Å². The van der Waals surface area contributed by atoms with Crippen LogP contribution in [0.4, 0.5) is 5.82 Å². The van der Waals surface area contributed by atoms with Gasteiger partial charge in [-0.05, 0) is 44.2 Å². The number of hydrogen-bond acceptors (Lipinski definition) is 7.